The maximum atomic E-state index is 11.9. The van der Waals surface area contributed by atoms with Crippen molar-refractivity contribution in [2.75, 3.05) is 26.2 Å². The molecule has 6 N–H and O–H groups in total. The molecule has 0 radical (unpaired) electrons. The third-order valence-corrected chi connectivity index (χ3v) is 4.15. The molecule has 3 amide bonds. The highest BCUT2D eigenvalue weighted by Crippen LogP contribution is 2.19. The van der Waals surface area contributed by atoms with Crippen LogP contribution in [0.2, 0.25) is 0 Å². The standard InChI is InChI=1S/C18H26N4O6/c1-2-27-12-5-3-11(4-6-12)7-13-17(14(23)8-20-13)28-18(26)22-10-16(25)21-9-15(19)24/h3-6,13-14,17,20,23H,2,7-10H2,1H3,(H2,19,24)(H,21,25)(H,22,26)/t13-,14+,17+/m1/s1. The molecule has 1 aromatic rings. The maximum Gasteiger partial charge on any atom is 0.407 e. The fraction of sp³-hybridized carbons (Fsp3) is 0.500. The minimum atomic E-state index is -0.859. The van der Waals surface area contributed by atoms with E-state index in [0.717, 1.165) is 11.3 Å². The lowest BCUT2D eigenvalue weighted by Crippen LogP contribution is -2.44. The summed E-state index contributed by atoms with van der Waals surface area (Å²) in [7, 11) is 0. The Labute approximate surface area is 162 Å². The molecule has 1 aromatic carbocycles. The van der Waals surface area contributed by atoms with Crippen molar-refractivity contribution in [2.45, 2.75) is 31.6 Å². The van der Waals surface area contributed by atoms with Crippen LogP contribution in [0.4, 0.5) is 4.79 Å². The molecule has 1 saturated heterocycles. The first kappa shape index (κ1) is 21.5. The molecule has 1 aliphatic heterocycles. The van der Waals surface area contributed by atoms with Crippen LogP contribution in [0.3, 0.4) is 0 Å². The van der Waals surface area contributed by atoms with Crippen LogP contribution in [0.25, 0.3) is 0 Å². The van der Waals surface area contributed by atoms with Gasteiger partial charge in [0.2, 0.25) is 11.8 Å². The number of carbonyl (C=O) groups is 3. The van der Waals surface area contributed by atoms with Crippen molar-refractivity contribution < 1.29 is 29.0 Å². The molecule has 0 aliphatic carbocycles. The summed E-state index contributed by atoms with van der Waals surface area (Å²) in [4.78, 5) is 34.0. The molecule has 2 rings (SSSR count). The van der Waals surface area contributed by atoms with Crippen LogP contribution >= 0.6 is 0 Å². The number of β-amino-alcohol motifs (C(OH)–C–C–N with tert-alkyl or cyclic N) is 1. The van der Waals surface area contributed by atoms with E-state index < -0.39 is 30.1 Å². The number of primary amides is 1. The minimum Gasteiger partial charge on any atom is -0.494 e. The number of carbonyl (C=O) groups excluding carboxylic acids is 3. The van der Waals surface area contributed by atoms with Gasteiger partial charge in [0.1, 0.15) is 24.5 Å². The summed E-state index contributed by atoms with van der Waals surface area (Å²) < 4.78 is 10.7. The fourth-order valence-corrected chi connectivity index (χ4v) is 2.83. The lowest BCUT2D eigenvalue weighted by molar-refractivity contribution is -0.124. The number of amides is 3. The Morgan fingerprint density at radius 2 is 1.93 bits per heavy atom. The molecule has 1 fully saturated rings. The summed E-state index contributed by atoms with van der Waals surface area (Å²) in [6, 6.07) is 7.27. The van der Waals surface area contributed by atoms with Gasteiger partial charge in [-0.15, -0.1) is 0 Å². The van der Waals surface area contributed by atoms with E-state index in [1.165, 1.54) is 0 Å². The van der Waals surface area contributed by atoms with Crippen molar-refractivity contribution >= 4 is 17.9 Å². The summed E-state index contributed by atoms with van der Waals surface area (Å²) in [6.07, 6.45) is -1.92. The van der Waals surface area contributed by atoms with Crippen molar-refractivity contribution in [3.8, 4) is 5.75 Å². The molecular formula is C18H26N4O6. The third kappa shape index (κ3) is 6.71. The zero-order chi connectivity index (χ0) is 20.5. The first-order valence-electron chi connectivity index (χ1n) is 9.01. The molecule has 28 heavy (non-hydrogen) atoms. The van der Waals surface area contributed by atoms with Crippen LogP contribution in [0, 0.1) is 0 Å². The molecule has 1 heterocycles. The minimum absolute atomic E-state index is 0.276. The van der Waals surface area contributed by atoms with Gasteiger partial charge in [-0.2, -0.15) is 0 Å². The van der Waals surface area contributed by atoms with E-state index in [1.54, 1.807) is 0 Å². The number of benzene rings is 1. The number of nitrogens with two attached hydrogens (primary N) is 1. The maximum absolute atomic E-state index is 11.9. The van der Waals surface area contributed by atoms with Crippen LogP contribution < -0.4 is 26.4 Å². The highest BCUT2D eigenvalue weighted by Gasteiger charge is 2.37. The van der Waals surface area contributed by atoms with Crippen molar-refractivity contribution in [3.63, 3.8) is 0 Å². The van der Waals surface area contributed by atoms with Gasteiger partial charge in [0, 0.05) is 6.54 Å². The van der Waals surface area contributed by atoms with E-state index in [1.807, 2.05) is 31.2 Å². The lowest BCUT2D eigenvalue weighted by Gasteiger charge is -2.22. The number of hydrogen-bond donors (Lipinski definition) is 5. The monoisotopic (exact) mass is 394 g/mol. The SMILES string of the molecule is CCOc1ccc(C[C@H]2NC[C@H](O)[C@H]2OC(=O)NCC(=O)NCC(N)=O)cc1. The largest absolute Gasteiger partial charge is 0.494 e. The highest BCUT2D eigenvalue weighted by molar-refractivity contribution is 5.86. The average molecular weight is 394 g/mol. The zero-order valence-electron chi connectivity index (χ0n) is 15.6. The fourth-order valence-electron chi connectivity index (χ4n) is 2.83. The molecule has 10 nitrogen and oxygen atoms in total. The second-order valence-corrected chi connectivity index (χ2v) is 6.33. The summed E-state index contributed by atoms with van der Waals surface area (Å²) in [5.41, 5.74) is 5.91. The normalized spacial score (nSPS) is 21.0. The Balaban J connectivity index is 1.83. The van der Waals surface area contributed by atoms with Gasteiger partial charge >= 0.3 is 6.09 Å². The Morgan fingerprint density at radius 1 is 1.21 bits per heavy atom. The summed E-state index contributed by atoms with van der Waals surface area (Å²) in [5.74, 6) is -0.493. The molecule has 0 saturated carbocycles. The summed E-state index contributed by atoms with van der Waals surface area (Å²) in [6.45, 7) is 2.10. The van der Waals surface area contributed by atoms with Gasteiger partial charge in [-0.3, -0.25) is 9.59 Å². The van der Waals surface area contributed by atoms with E-state index in [4.69, 9.17) is 15.2 Å². The van der Waals surface area contributed by atoms with Crippen molar-refractivity contribution in [3.05, 3.63) is 29.8 Å². The van der Waals surface area contributed by atoms with Crippen LogP contribution in [-0.4, -0.2) is 67.5 Å². The first-order valence-corrected chi connectivity index (χ1v) is 9.01. The average Bonchev–Trinajstić information content (AvgIpc) is 3.00. The number of aliphatic hydroxyl groups excluding tert-OH is 1. The van der Waals surface area contributed by atoms with Crippen molar-refractivity contribution in [1.29, 1.82) is 0 Å². The van der Waals surface area contributed by atoms with Crippen LogP contribution in [0.15, 0.2) is 24.3 Å². The first-order chi connectivity index (χ1) is 13.4. The van der Waals surface area contributed by atoms with Gasteiger partial charge in [0.15, 0.2) is 0 Å². The van der Waals surface area contributed by atoms with Gasteiger partial charge in [0.05, 0.1) is 19.2 Å². The van der Waals surface area contributed by atoms with E-state index in [2.05, 4.69) is 16.0 Å². The van der Waals surface area contributed by atoms with Crippen molar-refractivity contribution in [1.82, 2.24) is 16.0 Å². The molecule has 0 aromatic heterocycles. The van der Waals surface area contributed by atoms with Gasteiger partial charge < -0.3 is 36.3 Å². The van der Waals surface area contributed by atoms with E-state index >= 15 is 0 Å². The van der Waals surface area contributed by atoms with Crippen LogP contribution in [0.5, 0.6) is 5.75 Å². The van der Waals surface area contributed by atoms with Crippen LogP contribution in [-0.2, 0) is 20.7 Å². The molecule has 154 valence electrons. The lowest BCUT2D eigenvalue weighted by atomic mass is 10.0. The van der Waals surface area contributed by atoms with Gasteiger partial charge in [-0.1, -0.05) is 12.1 Å². The Kier molecular flexibility index (Phi) is 8.02. The highest BCUT2D eigenvalue weighted by atomic mass is 16.6. The molecule has 3 atom stereocenters. The number of nitrogens with one attached hydrogen (secondary N) is 3. The second kappa shape index (κ2) is 10.5. The Morgan fingerprint density at radius 3 is 2.57 bits per heavy atom. The van der Waals surface area contributed by atoms with Crippen molar-refractivity contribution in [2.24, 2.45) is 5.73 Å². The van der Waals surface area contributed by atoms with Gasteiger partial charge in [-0.05, 0) is 31.0 Å². The van der Waals surface area contributed by atoms with E-state index in [9.17, 15) is 19.5 Å². The number of ether oxygens (including phenoxy) is 2. The predicted molar refractivity (Wildman–Crippen MR) is 99.6 cm³/mol. The molecular weight excluding hydrogens is 368 g/mol. The topological polar surface area (TPSA) is 152 Å². The number of hydrogen-bond acceptors (Lipinski definition) is 7. The van der Waals surface area contributed by atoms with E-state index in [-0.39, 0.29) is 19.1 Å². The van der Waals surface area contributed by atoms with Gasteiger partial charge in [-0.25, -0.2) is 4.79 Å². The molecule has 1 aliphatic rings. The Bertz CT molecular complexity index is 681. The Hall–Kier alpha value is -2.85. The molecule has 0 spiro atoms. The zero-order valence-corrected chi connectivity index (χ0v) is 15.6. The number of rotatable bonds is 9. The summed E-state index contributed by atoms with van der Waals surface area (Å²) in [5, 5.41) is 17.8. The quantitative estimate of drug-likeness (QED) is 0.347. The second-order valence-electron chi connectivity index (χ2n) is 6.33. The summed E-state index contributed by atoms with van der Waals surface area (Å²) >= 11 is 0. The van der Waals surface area contributed by atoms with E-state index in [0.29, 0.717) is 19.6 Å². The molecule has 0 bridgehead atoms. The number of aliphatic hydroxyl groups is 1. The third-order valence-electron chi connectivity index (χ3n) is 4.15. The predicted octanol–water partition coefficient (Wildman–Crippen LogP) is -1.34. The smallest absolute Gasteiger partial charge is 0.407 e. The number of alkyl carbamates (subject to hydrolysis) is 1. The molecule has 10 heteroatoms. The van der Waals surface area contributed by atoms with Crippen LogP contribution in [0.1, 0.15) is 12.5 Å². The molecule has 0 unspecified atom stereocenters. The van der Waals surface area contributed by atoms with Gasteiger partial charge in [0.25, 0.3) is 0 Å².